The third-order valence-electron chi connectivity index (χ3n) is 3.24. The molecule has 2 atom stereocenters. The molecule has 2 heteroatoms. The second kappa shape index (κ2) is 7.46. The first kappa shape index (κ1) is 14.2. The Morgan fingerprint density at radius 2 is 1.82 bits per heavy atom. The van der Waals surface area contributed by atoms with Crippen molar-refractivity contribution >= 4 is 0 Å². The summed E-state index contributed by atoms with van der Waals surface area (Å²) in [6.07, 6.45) is 2.47. The average molecular weight is 234 g/mol. The molecule has 17 heavy (non-hydrogen) atoms. The van der Waals surface area contributed by atoms with Gasteiger partial charge in [0.25, 0.3) is 0 Å². The highest BCUT2D eigenvalue weighted by atomic mass is 15.2. The van der Waals surface area contributed by atoms with Crippen molar-refractivity contribution in [1.82, 2.24) is 4.90 Å². The van der Waals surface area contributed by atoms with Crippen LogP contribution in [0.5, 0.6) is 0 Å². The molecule has 1 aromatic rings. The molecule has 0 radical (unpaired) electrons. The summed E-state index contributed by atoms with van der Waals surface area (Å²) in [6.45, 7) is 8.74. The normalized spacial score (nSPS) is 14.9. The van der Waals surface area contributed by atoms with Crippen molar-refractivity contribution in [1.29, 1.82) is 0 Å². The molecule has 0 fully saturated rings. The van der Waals surface area contributed by atoms with Crippen molar-refractivity contribution in [2.24, 2.45) is 5.73 Å². The molecule has 96 valence electrons. The van der Waals surface area contributed by atoms with Gasteiger partial charge in [-0.05, 0) is 32.0 Å². The van der Waals surface area contributed by atoms with Crippen molar-refractivity contribution in [3.63, 3.8) is 0 Å². The van der Waals surface area contributed by atoms with E-state index in [2.05, 4.69) is 56.0 Å². The van der Waals surface area contributed by atoms with Crippen LogP contribution in [-0.4, -0.2) is 24.0 Å². The van der Waals surface area contributed by atoms with Crippen LogP contribution in [0.25, 0.3) is 0 Å². The zero-order valence-corrected chi connectivity index (χ0v) is 11.4. The molecule has 0 aliphatic rings. The van der Waals surface area contributed by atoms with Gasteiger partial charge >= 0.3 is 0 Å². The lowest BCUT2D eigenvalue weighted by Gasteiger charge is -2.33. The first-order valence-electron chi connectivity index (χ1n) is 6.75. The van der Waals surface area contributed by atoms with E-state index < -0.39 is 0 Å². The maximum Gasteiger partial charge on any atom is 0.0496 e. The SMILES string of the molecule is CCCCN(CC)C(c1ccccc1)C(C)N. The molecule has 0 aliphatic heterocycles. The van der Waals surface area contributed by atoms with Crippen molar-refractivity contribution < 1.29 is 0 Å². The average Bonchev–Trinajstić information content (AvgIpc) is 2.35. The molecule has 0 saturated carbocycles. The van der Waals surface area contributed by atoms with E-state index in [0.717, 1.165) is 13.1 Å². The Kier molecular flexibility index (Phi) is 6.23. The van der Waals surface area contributed by atoms with Crippen molar-refractivity contribution in [3.8, 4) is 0 Å². The third-order valence-corrected chi connectivity index (χ3v) is 3.24. The number of hydrogen-bond donors (Lipinski definition) is 1. The van der Waals surface area contributed by atoms with Gasteiger partial charge in [0, 0.05) is 12.1 Å². The maximum atomic E-state index is 6.18. The van der Waals surface area contributed by atoms with Crippen LogP contribution in [0.3, 0.4) is 0 Å². The topological polar surface area (TPSA) is 29.3 Å². The van der Waals surface area contributed by atoms with Crippen LogP contribution in [0.15, 0.2) is 30.3 Å². The zero-order chi connectivity index (χ0) is 12.7. The first-order valence-corrected chi connectivity index (χ1v) is 6.75. The van der Waals surface area contributed by atoms with E-state index in [-0.39, 0.29) is 6.04 Å². The first-order chi connectivity index (χ1) is 8.20. The Labute approximate surface area is 106 Å². The molecule has 0 aromatic heterocycles. The minimum absolute atomic E-state index is 0.161. The highest BCUT2D eigenvalue weighted by Crippen LogP contribution is 2.23. The molecule has 1 aromatic carbocycles. The number of nitrogens with zero attached hydrogens (tertiary/aromatic N) is 1. The Morgan fingerprint density at radius 1 is 1.18 bits per heavy atom. The molecule has 0 aliphatic carbocycles. The Hall–Kier alpha value is -0.860. The van der Waals surface area contributed by atoms with E-state index in [4.69, 9.17) is 5.73 Å². The summed E-state index contributed by atoms with van der Waals surface area (Å²) in [5, 5.41) is 0. The Bertz CT molecular complexity index is 295. The molecule has 0 bridgehead atoms. The van der Waals surface area contributed by atoms with Crippen LogP contribution in [0.4, 0.5) is 0 Å². The fourth-order valence-electron chi connectivity index (χ4n) is 2.35. The molecule has 2 N–H and O–H groups in total. The number of likely N-dealkylation sites (N-methyl/N-ethyl adjacent to an activating group) is 1. The van der Waals surface area contributed by atoms with Crippen LogP contribution < -0.4 is 5.73 Å². The van der Waals surface area contributed by atoms with E-state index in [0.29, 0.717) is 6.04 Å². The number of hydrogen-bond acceptors (Lipinski definition) is 2. The fourth-order valence-corrected chi connectivity index (χ4v) is 2.35. The smallest absolute Gasteiger partial charge is 0.0496 e. The molecule has 0 spiro atoms. The standard InChI is InChI=1S/C15H26N2/c1-4-6-12-17(5-2)15(13(3)16)14-10-8-7-9-11-14/h7-11,13,15H,4-6,12,16H2,1-3H3. The van der Waals surface area contributed by atoms with Gasteiger partial charge in [0.05, 0.1) is 0 Å². The van der Waals surface area contributed by atoms with Crippen LogP contribution in [0.1, 0.15) is 45.2 Å². The molecular formula is C15H26N2. The van der Waals surface area contributed by atoms with Gasteiger partial charge in [-0.15, -0.1) is 0 Å². The van der Waals surface area contributed by atoms with E-state index >= 15 is 0 Å². The van der Waals surface area contributed by atoms with E-state index in [9.17, 15) is 0 Å². The lowest BCUT2D eigenvalue weighted by molar-refractivity contribution is 0.183. The highest BCUT2D eigenvalue weighted by molar-refractivity contribution is 5.20. The summed E-state index contributed by atoms with van der Waals surface area (Å²) in [5.41, 5.74) is 7.51. The summed E-state index contributed by atoms with van der Waals surface area (Å²) >= 11 is 0. The van der Waals surface area contributed by atoms with Crippen molar-refractivity contribution in [2.45, 2.75) is 45.7 Å². The van der Waals surface area contributed by atoms with Gasteiger partial charge in [-0.2, -0.15) is 0 Å². The van der Waals surface area contributed by atoms with Gasteiger partial charge in [0.1, 0.15) is 0 Å². The fraction of sp³-hybridized carbons (Fsp3) is 0.600. The molecule has 2 unspecified atom stereocenters. The lowest BCUT2D eigenvalue weighted by Crippen LogP contribution is -2.40. The molecule has 0 saturated heterocycles. The quantitative estimate of drug-likeness (QED) is 0.785. The summed E-state index contributed by atoms with van der Waals surface area (Å²) in [5.74, 6) is 0. The van der Waals surface area contributed by atoms with Gasteiger partial charge in [-0.3, -0.25) is 4.90 Å². The van der Waals surface area contributed by atoms with E-state index in [1.807, 2.05) is 0 Å². The highest BCUT2D eigenvalue weighted by Gasteiger charge is 2.21. The lowest BCUT2D eigenvalue weighted by atomic mass is 9.99. The maximum absolute atomic E-state index is 6.18. The van der Waals surface area contributed by atoms with Gasteiger partial charge in [-0.25, -0.2) is 0 Å². The second-order valence-electron chi connectivity index (χ2n) is 4.70. The Morgan fingerprint density at radius 3 is 2.29 bits per heavy atom. The van der Waals surface area contributed by atoms with Crippen molar-refractivity contribution in [3.05, 3.63) is 35.9 Å². The minimum Gasteiger partial charge on any atom is -0.326 e. The third kappa shape index (κ3) is 4.14. The van der Waals surface area contributed by atoms with Crippen LogP contribution in [0, 0.1) is 0 Å². The predicted molar refractivity (Wildman–Crippen MR) is 75.0 cm³/mol. The van der Waals surface area contributed by atoms with Crippen LogP contribution >= 0.6 is 0 Å². The van der Waals surface area contributed by atoms with E-state index in [1.54, 1.807) is 0 Å². The number of rotatable bonds is 7. The molecule has 0 amide bonds. The van der Waals surface area contributed by atoms with Crippen LogP contribution in [-0.2, 0) is 0 Å². The van der Waals surface area contributed by atoms with E-state index in [1.165, 1.54) is 18.4 Å². The molecule has 0 heterocycles. The number of unbranched alkanes of at least 4 members (excludes halogenated alkanes) is 1. The van der Waals surface area contributed by atoms with Gasteiger partial charge in [0.15, 0.2) is 0 Å². The summed E-state index contributed by atoms with van der Waals surface area (Å²) in [4.78, 5) is 2.49. The minimum atomic E-state index is 0.161. The largest absolute Gasteiger partial charge is 0.326 e. The summed E-state index contributed by atoms with van der Waals surface area (Å²) < 4.78 is 0. The van der Waals surface area contributed by atoms with Gasteiger partial charge < -0.3 is 5.73 Å². The van der Waals surface area contributed by atoms with Gasteiger partial charge in [-0.1, -0.05) is 50.6 Å². The summed E-state index contributed by atoms with van der Waals surface area (Å²) in [6, 6.07) is 11.1. The Balaban J connectivity index is 2.83. The second-order valence-corrected chi connectivity index (χ2v) is 4.70. The van der Waals surface area contributed by atoms with Crippen LogP contribution in [0.2, 0.25) is 0 Å². The number of benzene rings is 1. The summed E-state index contributed by atoms with van der Waals surface area (Å²) in [7, 11) is 0. The predicted octanol–water partition coefficient (Wildman–Crippen LogP) is 3.20. The van der Waals surface area contributed by atoms with Gasteiger partial charge in [0.2, 0.25) is 0 Å². The molecule has 2 nitrogen and oxygen atoms in total. The molecule has 1 rings (SSSR count). The number of nitrogens with two attached hydrogens (primary N) is 1. The zero-order valence-electron chi connectivity index (χ0n) is 11.4. The monoisotopic (exact) mass is 234 g/mol. The molecular weight excluding hydrogens is 208 g/mol. The van der Waals surface area contributed by atoms with Crippen molar-refractivity contribution in [2.75, 3.05) is 13.1 Å².